The Morgan fingerprint density at radius 1 is 1.07 bits per heavy atom. The number of ether oxygens (including phenoxy) is 1. The predicted octanol–water partition coefficient (Wildman–Crippen LogP) is 8.42. The highest BCUT2D eigenvalue weighted by Crippen LogP contribution is 2.45. The lowest BCUT2D eigenvalue weighted by Crippen LogP contribution is -2.39. The molecule has 2 atom stereocenters. The number of pyridine rings is 1. The van der Waals surface area contributed by atoms with E-state index in [4.69, 9.17) is 9.72 Å². The van der Waals surface area contributed by atoms with E-state index < -0.39 is 17.7 Å². The first kappa shape index (κ1) is 31.2. The molecule has 0 spiro atoms. The van der Waals surface area contributed by atoms with Gasteiger partial charge in [-0.25, -0.2) is 9.18 Å². The zero-order valence-electron chi connectivity index (χ0n) is 26.9. The lowest BCUT2D eigenvalue weighted by molar-refractivity contribution is -0.160. The van der Waals surface area contributed by atoms with Crippen LogP contribution in [0.4, 0.5) is 10.1 Å². The van der Waals surface area contributed by atoms with Crippen LogP contribution in [0, 0.1) is 31.0 Å². The number of aryl methyl sites for hydroxylation is 3. The van der Waals surface area contributed by atoms with E-state index in [1.54, 1.807) is 12.1 Å². The van der Waals surface area contributed by atoms with Gasteiger partial charge in [0.1, 0.15) is 5.82 Å². The molecule has 2 aliphatic rings. The highest BCUT2D eigenvalue weighted by atomic mass is 19.1. The van der Waals surface area contributed by atoms with Crippen molar-refractivity contribution in [1.29, 1.82) is 0 Å². The van der Waals surface area contributed by atoms with Crippen LogP contribution in [0.2, 0.25) is 0 Å². The molecule has 1 fully saturated rings. The number of nitrogens with zero attached hydrogens (tertiary/aromatic N) is 2. The van der Waals surface area contributed by atoms with Gasteiger partial charge in [-0.2, -0.15) is 0 Å². The largest absolute Gasteiger partial charge is 0.479 e. The molecular formula is C37H47FN2O3. The molecule has 2 aromatic carbocycles. The number of aromatic nitrogens is 1. The maximum atomic E-state index is 13.4. The molecule has 3 aromatic rings. The Morgan fingerprint density at radius 2 is 1.74 bits per heavy atom. The normalized spacial score (nSPS) is 19.2. The number of hydrogen-bond donors (Lipinski definition) is 1. The zero-order chi connectivity index (χ0) is 31.1. The van der Waals surface area contributed by atoms with Crippen LogP contribution in [0.25, 0.3) is 11.1 Å². The number of carboxylic acids is 1. The van der Waals surface area contributed by atoms with Crippen molar-refractivity contribution in [2.45, 2.75) is 98.7 Å². The second-order valence-corrected chi connectivity index (χ2v) is 14.4. The molecule has 43 heavy (non-hydrogen) atoms. The van der Waals surface area contributed by atoms with Crippen LogP contribution >= 0.6 is 0 Å². The van der Waals surface area contributed by atoms with E-state index in [0.717, 1.165) is 74.1 Å². The zero-order valence-corrected chi connectivity index (χ0v) is 26.9. The van der Waals surface area contributed by atoms with Crippen molar-refractivity contribution in [1.82, 2.24) is 4.98 Å². The lowest BCUT2D eigenvalue weighted by atomic mass is 9.79. The van der Waals surface area contributed by atoms with Crippen LogP contribution in [-0.2, 0) is 28.8 Å². The number of anilines is 1. The maximum absolute atomic E-state index is 13.4. The molecule has 5 nitrogen and oxygen atoms in total. The van der Waals surface area contributed by atoms with E-state index in [9.17, 15) is 14.3 Å². The molecule has 1 saturated heterocycles. The molecule has 1 aliphatic carbocycles. The predicted molar refractivity (Wildman–Crippen MR) is 171 cm³/mol. The lowest BCUT2D eigenvalue weighted by Gasteiger charge is -2.41. The molecule has 1 N–H and O–H groups in total. The second-order valence-electron chi connectivity index (χ2n) is 14.4. The van der Waals surface area contributed by atoms with Gasteiger partial charge in [0, 0.05) is 35.6 Å². The summed E-state index contributed by atoms with van der Waals surface area (Å²) in [6, 6.07) is 13.7. The summed E-state index contributed by atoms with van der Waals surface area (Å²) in [6.07, 6.45) is 4.95. The van der Waals surface area contributed by atoms with Gasteiger partial charge in [-0.15, -0.1) is 0 Å². The molecule has 5 rings (SSSR count). The van der Waals surface area contributed by atoms with Crippen LogP contribution in [0.1, 0.15) is 93.6 Å². The van der Waals surface area contributed by atoms with E-state index >= 15 is 0 Å². The first-order valence-electron chi connectivity index (χ1n) is 15.7. The van der Waals surface area contributed by atoms with E-state index in [0.29, 0.717) is 17.2 Å². The number of benzene rings is 2. The van der Waals surface area contributed by atoms with E-state index in [-0.39, 0.29) is 11.2 Å². The minimum absolute atomic E-state index is 0.193. The Hall–Kier alpha value is -3.25. The molecular weight excluding hydrogens is 539 g/mol. The topological polar surface area (TPSA) is 62.7 Å². The molecule has 230 valence electrons. The van der Waals surface area contributed by atoms with E-state index in [1.165, 1.54) is 16.7 Å². The fourth-order valence-electron chi connectivity index (χ4n) is 6.87. The summed E-state index contributed by atoms with van der Waals surface area (Å²) in [6.45, 7) is 16.0. The Labute approximate surface area is 256 Å². The summed E-state index contributed by atoms with van der Waals surface area (Å²) in [5, 5.41) is 10.5. The quantitative estimate of drug-likeness (QED) is 0.301. The molecule has 1 aliphatic heterocycles. The first-order chi connectivity index (χ1) is 20.2. The summed E-state index contributed by atoms with van der Waals surface area (Å²) in [5.74, 6) is -0.663. The second kappa shape index (κ2) is 12.0. The highest BCUT2D eigenvalue weighted by Gasteiger charge is 2.36. The Kier molecular flexibility index (Phi) is 8.72. The molecule has 6 heteroatoms. The summed E-state index contributed by atoms with van der Waals surface area (Å²) >= 11 is 0. The van der Waals surface area contributed by atoms with Crippen LogP contribution in [0.3, 0.4) is 0 Å². The summed E-state index contributed by atoms with van der Waals surface area (Å²) in [7, 11) is 0. The van der Waals surface area contributed by atoms with Crippen LogP contribution < -0.4 is 4.90 Å². The number of carboxylic acid groups (broad SMARTS) is 1. The van der Waals surface area contributed by atoms with Crippen molar-refractivity contribution in [3.8, 4) is 11.1 Å². The van der Waals surface area contributed by atoms with Crippen LogP contribution in [0.5, 0.6) is 0 Å². The van der Waals surface area contributed by atoms with E-state index in [2.05, 4.69) is 36.9 Å². The average molecular weight is 587 g/mol. The molecule has 0 amide bonds. The maximum Gasteiger partial charge on any atom is 0.337 e. The van der Waals surface area contributed by atoms with Crippen LogP contribution in [0.15, 0.2) is 42.5 Å². The number of carbonyl (C=O) groups is 1. The SMILES string of the molecule is Cc1nc(C)c(C(OC(C)(C)C)C(=O)O)c(N2CCC(C)(C)CC2)c1-c1ccc2c(c1)CCC(Cc1ccc(F)cc1)C2. The van der Waals surface area contributed by atoms with Crippen molar-refractivity contribution in [3.63, 3.8) is 0 Å². The Morgan fingerprint density at radius 3 is 2.37 bits per heavy atom. The third-order valence-corrected chi connectivity index (χ3v) is 9.23. The van der Waals surface area contributed by atoms with E-state index in [1.807, 2.05) is 46.8 Å². The third-order valence-electron chi connectivity index (χ3n) is 9.23. The Balaban J connectivity index is 1.56. The fraction of sp³-hybridized carbons (Fsp3) is 0.514. The molecule has 0 bridgehead atoms. The smallest absolute Gasteiger partial charge is 0.337 e. The van der Waals surface area contributed by atoms with Crippen molar-refractivity contribution in [2.75, 3.05) is 18.0 Å². The van der Waals surface area contributed by atoms with Crippen molar-refractivity contribution >= 4 is 11.7 Å². The number of piperidine rings is 1. The van der Waals surface area contributed by atoms with Crippen molar-refractivity contribution < 1.29 is 19.0 Å². The van der Waals surface area contributed by atoms with Crippen molar-refractivity contribution in [2.24, 2.45) is 11.3 Å². The van der Waals surface area contributed by atoms with Gasteiger partial charge in [-0.05, 0) is 119 Å². The Bertz CT molecular complexity index is 1480. The van der Waals surface area contributed by atoms with Gasteiger partial charge >= 0.3 is 5.97 Å². The number of hydrogen-bond acceptors (Lipinski definition) is 4. The molecule has 1 aromatic heterocycles. The number of aliphatic carboxylic acids is 1. The minimum atomic E-state index is -1.12. The third kappa shape index (κ3) is 7.12. The van der Waals surface area contributed by atoms with Gasteiger partial charge < -0.3 is 14.7 Å². The number of fused-ring (bicyclic) bond motifs is 1. The molecule has 0 radical (unpaired) electrons. The van der Waals surface area contributed by atoms with Crippen molar-refractivity contribution in [3.05, 3.63) is 81.9 Å². The molecule has 2 unspecified atom stereocenters. The molecule has 0 saturated carbocycles. The standard InChI is InChI=1S/C37H47FN2O3/c1-23-31(29-13-12-27-21-26(8-11-28(27)22-29)20-25-9-14-30(38)15-10-25)33(40-18-16-37(6,7)17-19-40)32(24(2)39-23)34(35(41)42)43-36(3,4)5/h9-10,12-15,22,26,34H,8,11,16-21H2,1-7H3,(H,41,42). The molecule has 2 heterocycles. The summed E-state index contributed by atoms with van der Waals surface area (Å²) in [4.78, 5) is 20.1. The van der Waals surface area contributed by atoms with Gasteiger partial charge in [-0.3, -0.25) is 4.98 Å². The van der Waals surface area contributed by atoms with Gasteiger partial charge in [0.25, 0.3) is 0 Å². The number of rotatable bonds is 7. The first-order valence-corrected chi connectivity index (χ1v) is 15.7. The van der Waals surface area contributed by atoms with Crippen LogP contribution in [-0.4, -0.2) is 34.8 Å². The summed E-state index contributed by atoms with van der Waals surface area (Å²) in [5.41, 5.74) is 8.84. The highest BCUT2D eigenvalue weighted by molar-refractivity contribution is 5.88. The number of halogens is 1. The van der Waals surface area contributed by atoms with Gasteiger partial charge in [0.2, 0.25) is 0 Å². The minimum Gasteiger partial charge on any atom is -0.479 e. The van der Waals surface area contributed by atoms with Gasteiger partial charge in [0.15, 0.2) is 6.10 Å². The summed E-state index contributed by atoms with van der Waals surface area (Å²) < 4.78 is 19.6. The monoisotopic (exact) mass is 586 g/mol. The average Bonchev–Trinajstić information content (AvgIpc) is 2.92. The fourth-order valence-corrected chi connectivity index (χ4v) is 6.87. The van der Waals surface area contributed by atoms with Gasteiger partial charge in [-0.1, -0.05) is 44.2 Å². The van der Waals surface area contributed by atoms with Gasteiger partial charge in [0.05, 0.1) is 11.3 Å².